The molecular formula is C42H69NO15. The van der Waals surface area contributed by atoms with Gasteiger partial charge in [0, 0.05) is 39.2 Å². The maximum absolute atomic E-state index is 12.9. The number of likely N-dealkylation sites (N-methyl/N-ethyl adjacent to an activating group) is 1. The fourth-order valence-corrected chi connectivity index (χ4v) is 8.07. The van der Waals surface area contributed by atoms with Crippen molar-refractivity contribution in [3.63, 3.8) is 0 Å². The van der Waals surface area contributed by atoms with E-state index in [1.54, 1.807) is 71.8 Å². The number of hydrogen-bond acceptors (Lipinski definition) is 16. The second-order valence-electron chi connectivity index (χ2n) is 16.3. The van der Waals surface area contributed by atoms with Crippen LogP contribution in [-0.4, -0.2) is 151 Å². The molecule has 58 heavy (non-hydrogen) atoms. The number of cyclic esters (lactones) is 1. The van der Waals surface area contributed by atoms with E-state index in [2.05, 4.69) is 0 Å². The van der Waals surface area contributed by atoms with Crippen LogP contribution in [-0.2, 0) is 57.1 Å². The van der Waals surface area contributed by atoms with Gasteiger partial charge in [-0.25, -0.2) is 0 Å². The lowest BCUT2D eigenvalue weighted by molar-refractivity contribution is -0.344. The average Bonchev–Trinajstić information content (AvgIpc) is 3.13. The average molecular weight is 828 g/mol. The Morgan fingerprint density at radius 2 is 1.69 bits per heavy atom. The second kappa shape index (κ2) is 23.3. The van der Waals surface area contributed by atoms with E-state index < -0.39 is 116 Å². The van der Waals surface area contributed by atoms with Crippen LogP contribution in [0.4, 0.5) is 0 Å². The molecule has 0 aromatic carbocycles. The first kappa shape index (κ1) is 49.6. The van der Waals surface area contributed by atoms with Crippen molar-refractivity contribution in [2.75, 3.05) is 21.2 Å². The van der Waals surface area contributed by atoms with Gasteiger partial charge in [-0.15, -0.1) is 0 Å². The van der Waals surface area contributed by atoms with Crippen LogP contribution in [0.1, 0.15) is 99.8 Å². The molecule has 0 aliphatic carbocycles. The number of aliphatic hydroxyl groups is 3. The molecule has 3 N–H and O–H groups in total. The highest BCUT2D eigenvalue weighted by atomic mass is 16.7. The molecule has 0 aromatic heterocycles. The van der Waals surface area contributed by atoms with Gasteiger partial charge in [0.25, 0.3) is 0 Å². The summed E-state index contributed by atoms with van der Waals surface area (Å²) in [5, 5.41) is 34.5. The maximum atomic E-state index is 12.9. The molecule has 0 radical (unpaired) electrons. The van der Waals surface area contributed by atoms with Gasteiger partial charge in [-0.1, -0.05) is 45.1 Å². The number of aldehydes is 1. The van der Waals surface area contributed by atoms with Gasteiger partial charge in [0.1, 0.15) is 30.7 Å². The first-order valence-corrected chi connectivity index (χ1v) is 20.6. The van der Waals surface area contributed by atoms with Crippen LogP contribution in [0.3, 0.4) is 0 Å². The van der Waals surface area contributed by atoms with Gasteiger partial charge in [0.2, 0.25) is 0 Å². The second-order valence-corrected chi connectivity index (χ2v) is 16.3. The predicted molar refractivity (Wildman–Crippen MR) is 210 cm³/mol. The monoisotopic (exact) mass is 827 g/mol. The number of allylic oxidation sites excluding steroid dienone is 2. The van der Waals surface area contributed by atoms with Crippen LogP contribution in [0.25, 0.3) is 0 Å². The summed E-state index contributed by atoms with van der Waals surface area (Å²) in [4.78, 5) is 52.1. The number of carbonyl (C=O) groups excluding carboxylic acids is 4. The summed E-state index contributed by atoms with van der Waals surface area (Å²) < 4.78 is 48.8. The van der Waals surface area contributed by atoms with E-state index in [-0.39, 0.29) is 38.0 Å². The van der Waals surface area contributed by atoms with E-state index >= 15 is 0 Å². The third kappa shape index (κ3) is 13.6. The molecule has 0 spiro atoms. The van der Waals surface area contributed by atoms with Crippen LogP contribution in [0.2, 0.25) is 0 Å². The Morgan fingerprint density at radius 1 is 0.983 bits per heavy atom. The van der Waals surface area contributed by atoms with Crippen LogP contribution >= 0.6 is 0 Å². The summed E-state index contributed by atoms with van der Waals surface area (Å²) in [5.74, 6) is -2.64. The van der Waals surface area contributed by atoms with E-state index in [0.717, 1.165) is 0 Å². The molecule has 0 saturated carbocycles. The van der Waals surface area contributed by atoms with Crippen molar-refractivity contribution < 1.29 is 72.4 Å². The van der Waals surface area contributed by atoms with E-state index in [0.29, 0.717) is 19.1 Å². The standard InChI is InChI=1S/C42H69NO15/c1-11-16-32(48)55-40-27(6)53-34(23-42(40,7)58-31(47)12-2)56-37-26(5)54-41(36(50)35(37)43(8)9)57-38-28(19-20-44)21-24(3)29(45)18-15-13-14-17-25(4)52-33(49)22-30(46)39(38)51-10/h13-15,18,20,24-30,34-41,45-46,50H,11-12,16-17,19,21-23H2,1-10H3/t24?,25?,26?,27?,28?,29?,30?,34?,35?,36?,37?,38?,39?,40?,41?,42-/m1/s1. The van der Waals surface area contributed by atoms with Crippen molar-refractivity contribution in [3.8, 4) is 0 Å². The minimum absolute atomic E-state index is 0.00608. The van der Waals surface area contributed by atoms with Gasteiger partial charge in [-0.05, 0) is 66.5 Å². The zero-order valence-corrected chi connectivity index (χ0v) is 35.9. The summed E-state index contributed by atoms with van der Waals surface area (Å²) in [6, 6.07) is -0.783. The van der Waals surface area contributed by atoms with Crippen molar-refractivity contribution in [1.82, 2.24) is 4.90 Å². The van der Waals surface area contributed by atoms with Crippen molar-refractivity contribution in [3.05, 3.63) is 24.3 Å². The van der Waals surface area contributed by atoms with Gasteiger partial charge in [0.15, 0.2) is 24.3 Å². The zero-order chi connectivity index (χ0) is 43.3. The molecule has 0 aromatic rings. The van der Waals surface area contributed by atoms with Gasteiger partial charge in [-0.3, -0.25) is 14.4 Å². The predicted octanol–water partition coefficient (Wildman–Crippen LogP) is 3.16. The number of esters is 3. The Hall–Kier alpha value is -2.80. The molecule has 15 unspecified atom stereocenters. The number of hydrogen-bond donors (Lipinski definition) is 3. The fourth-order valence-electron chi connectivity index (χ4n) is 8.07. The Kier molecular flexibility index (Phi) is 19.9. The molecule has 3 aliphatic heterocycles. The van der Waals surface area contributed by atoms with Crippen molar-refractivity contribution in [1.29, 1.82) is 0 Å². The van der Waals surface area contributed by atoms with Gasteiger partial charge < -0.3 is 62.9 Å². The number of aliphatic hydroxyl groups excluding tert-OH is 3. The number of ether oxygens (including phenoxy) is 8. The number of rotatable bonds is 13. The Morgan fingerprint density at radius 3 is 2.31 bits per heavy atom. The molecule has 16 heteroatoms. The number of methoxy groups -OCH3 is 1. The molecule has 3 rings (SSSR count). The molecule has 0 bridgehead atoms. The lowest BCUT2D eigenvalue weighted by Crippen LogP contribution is -2.66. The zero-order valence-electron chi connectivity index (χ0n) is 35.9. The third-order valence-electron chi connectivity index (χ3n) is 11.1. The Labute approximate surface area is 343 Å². The molecule has 332 valence electrons. The molecule has 16 nitrogen and oxygen atoms in total. The van der Waals surface area contributed by atoms with Crippen molar-refractivity contribution in [2.24, 2.45) is 11.8 Å². The Bertz CT molecular complexity index is 1380. The van der Waals surface area contributed by atoms with Crippen LogP contribution < -0.4 is 0 Å². The first-order chi connectivity index (χ1) is 27.4. The smallest absolute Gasteiger partial charge is 0.308 e. The first-order valence-electron chi connectivity index (χ1n) is 20.6. The van der Waals surface area contributed by atoms with Crippen LogP contribution in [0.15, 0.2) is 24.3 Å². The lowest BCUT2D eigenvalue weighted by atomic mass is 9.82. The maximum Gasteiger partial charge on any atom is 0.308 e. The van der Waals surface area contributed by atoms with E-state index in [9.17, 15) is 34.5 Å². The molecule has 3 aliphatic rings. The number of nitrogens with zero attached hydrogens (tertiary/aromatic N) is 1. The van der Waals surface area contributed by atoms with E-state index in [4.69, 9.17) is 37.9 Å². The third-order valence-corrected chi connectivity index (χ3v) is 11.1. The molecule has 16 atom stereocenters. The van der Waals surface area contributed by atoms with Crippen LogP contribution in [0.5, 0.6) is 0 Å². The number of carbonyl (C=O) groups is 4. The van der Waals surface area contributed by atoms with E-state index in [1.165, 1.54) is 7.11 Å². The highest BCUT2D eigenvalue weighted by Gasteiger charge is 2.54. The van der Waals surface area contributed by atoms with Crippen molar-refractivity contribution >= 4 is 24.2 Å². The van der Waals surface area contributed by atoms with Crippen LogP contribution in [0, 0.1) is 11.8 Å². The summed E-state index contributed by atoms with van der Waals surface area (Å²) >= 11 is 0. The van der Waals surface area contributed by atoms with Gasteiger partial charge in [0.05, 0.1) is 43.0 Å². The molecule has 2 saturated heterocycles. The quantitative estimate of drug-likeness (QED) is 0.139. The molecule has 0 amide bonds. The molecule has 2 fully saturated rings. The lowest BCUT2D eigenvalue weighted by Gasteiger charge is -2.50. The molecular weight excluding hydrogens is 758 g/mol. The van der Waals surface area contributed by atoms with Crippen molar-refractivity contribution in [2.45, 2.75) is 185 Å². The van der Waals surface area contributed by atoms with Gasteiger partial charge >= 0.3 is 17.9 Å². The molecule has 3 heterocycles. The van der Waals surface area contributed by atoms with E-state index in [1.807, 2.05) is 19.9 Å². The largest absolute Gasteiger partial charge is 0.462 e. The Balaban J connectivity index is 1.95. The minimum atomic E-state index is -1.45. The highest BCUT2D eigenvalue weighted by molar-refractivity contribution is 5.71. The fraction of sp³-hybridized carbons (Fsp3) is 0.810. The topological polar surface area (TPSA) is 206 Å². The van der Waals surface area contributed by atoms with Gasteiger partial charge in [-0.2, -0.15) is 0 Å². The summed E-state index contributed by atoms with van der Waals surface area (Å²) in [6.07, 6.45) is -3.49. The summed E-state index contributed by atoms with van der Waals surface area (Å²) in [7, 11) is 4.85. The normalized spacial score (nSPS) is 39.5. The summed E-state index contributed by atoms with van der Waals surface area (Å²) in [6.45, 7) is 12.2. The minimum Gasteiger partial charge on any atom is -0.462 e. The summed E-state index contributed by atoms with van der Waals surface area (Å²) in [5.41, 5.74) is -1.30. The SMILES string of the molecule is CCCC(=O)OC1C(C)OC(OC2C(C)OC(OC3C(CC=O)CC(C)C(O)C=CC=CCC(C)OC(=O)CC(O)C3OC)C(O)C2N(C)C)C[C@@]1(C)OC(=O)CC. The highest BCUT2D eigenvalue weighted by Crippen LogP contribution is 2.39.